The lowest BCUT2D eigenvalue weighted by Gasteiger charge is -2.05. The first-order valence-electron chi connectivity index (χ1n) is 8.73. The van der Waals surface area contributed by atoms with E-state index in [0.717, 1.165) is 6.92 Å². The number of nitrogens with one attached hydrogen (secondary N) is 2. The summed E-state index contributed by atoms with van der Waals surface area (Å²) in [6.07, 6.45) is 0. The molecule has 0 radical (unpaired) electrons. The summed E-state index contributed by atoms with van der Waals surface area (Å²) in [6, 6.07) is 9.33. The lowest BCUT2D eigenvalue weighted by Crippen LogP contribution is -2.27. The topological polar surface area (TPSA) is 192 Å². The fraction of sp³-hybridized carbons (Fsp3) is 0.150. The summed E-state index contributed by atoms with van der Waals surface area (Å²) in [7, 11) is 2.53. The molecular weight excluding hydrogens is 424 g/mol. The quantitative estimate of drug-likeness (QED) is 0.149. The van der Waals surface area contributed by atoms with Crippen LogP contribution in [0.4, 0.5) is 17.1 Å². The Bertz CT molecular complexity index is 1060. The van der Waals surface area contributed by atoms with Crippen LogP contribution in [0, 0.1) is 15.5 Å². The maximum absolute atomic E-state index is 11.3. The molecule has 0 spiro atoms. The molecule has 0 atom stereocenters. The van der Waals surface area contributed by atoms with Gasteiger partial charge in [0.2, 0.25) is 0 Å². The van der Waals surface area contributed by atoms with Crippen molar-refractivity contribution in [3.63, 3.8) is 0 Å². The van der Waals surface area contributed by atoms with E-state index in [1.165, 1.54) is 56.7 Å². The minimum Gasteiger partial charge on any atom is -0.465 e. The van der Waals surface area contributed by atoms with Crippen LogP contribution >= 0.6 is 0 Å². The molecule has 2 aromatic carbocycles. The first-order valence-corrected chi connectivity index (χ1v) is 8.73. The first kappa shape index (κ1) is 25.4. The van der Waals surface area contributed by atoms with Crippen molar-refractivity contribution in [1.82, 2.24) is 0 Å². The Balaban J connectivity index is 0.000000323. The molecule has 0 aromatic heterocycles. The lowest BCUT2D eigenvalue weighted by molar-refractivity contribution is -0.384. The second kappa shape index (κ2) is 11.5. The summed E-state index contributed by atoms with van der Waals surface area (Å²) in [6.45, 7) is 1.11. The highest BCUT2D eigenvalue weighted by molar-refractivity contribution is 6.66. The summed E-state index contributed by atoms with van der Waals surface area (Å²) < 4.78 is 9.02. The van der Waals surface area contributed by atoms with E-state index < -0.39 is 34.3 Å². The zero-order valence-electron chi connectivity index (χ0n) is 17.3. The third-order valence-corrected chi connectivity index (χ3v) is 3.79. The van der Waals surface area contributed by atoms with E-state index >= 15 is 0 Å². The van der Waals surface area contributed by atoms with Gasteiger partial charge in [0.05, 0.1) is 30.3 Å². The number of nitrogens with zero attached hydrogens (tertiary/aromatic N) is 1. The van der Waals surface area contributed by atoms with Gasteiger partial charge in [-0.25, -0.2) is 9.59 Å². The van der Waals surface area contributed by atoms with Gasteiger partial charge >= 0.3 is 11.9 Å². The van der Waals surface area contributed by atoms with Crippen molar-refractivity contribution in [2.24, 2.45) is 0 Å². The van der Waals surface area contributed by atoms with Gasteiger partial charge in [0.1, 0.15) is 0 Å². The van der Waals surface area contributed by atoms with E-state index in [1.54, 1.807) is 0 Å². The minimum atomic E-state index is -0.841. The molecule has 0 unspecified atom stereocenters. The smallest absolute Gasteiger partial charge is 0.339 e. The summed E-state index contributed by atoms with van der Waals surface area (Å²) in [5.41, 5.74) is 5.80. The van der Waals surface area contributed by atoms with E-state index in [1.807, 2.05) is 0 Å². The number of anilines is 2. The second-order valence-electron chi connectivity index (χ2n) is 5.97. The third-order valence-electron chi connectivity index (χ3n) is 3.79. The normalized spacial score (nSPS) is 9.47. The number of non-ortho nitro benzene ring substituents is 1. The number of hydrogen-bond donors (Lipinski definition) is 3. The van der Waals surface area contributed by atoms with Crippen molar-refractivity contribution in [3.05, 3.63) is 63.7 Å². The average molecular weight is 444 g/mol. The fourth-order valence-corrected chi connectivity index (χ4v) is 2.12. The number of Topliss-reactive ketones (excluding diaryl/α,β-unsaturated/α-hetero) is 1. The molecule has 0 saturated carbocycles. The van der Waals surface area contributed by atoms with E-state index in [-0.39, 0.29) is 22.6 Å². The summed E-state index contributed by atoms with van der Waals surface area (Å²) in [5.74, 6) is -2.53. The van der Waals surface area contributed by atoms with Gasteiger partial charge in [-0.1, -0.05) is 0 Å². The van der Waals surface area contributed by atoms with Crippen molar-refractivity contribution in [2.45, 2.75) is 6.92 Å². The largest absolute Gasteiger partial charge is 0.465 e. The van der Waals surface area contributed by atoms with E-state index in [9.17, 15) is 29.3 Å². The van der Waals surface area contributed by atoms with Gasteiger partial charge in [0.15, 0.2) is 11.5 Å². The molecule has 0 aliphatic rings. The predicted molar refractivity (Wildman–Crippen MR) is 114 cm³/mol. The molecule has 0 bridgehead atoms. The number of nitrogen functional groups attached to an aromatic ring is 1. The number of nitro benzene ring substituents is 1. The SMILES string of the molecule is CC(=O)C(=N)C(=O)Nc1ccc([N+](=O)[O-])cc1.COC(=O)c1ccc(C(=O)OC)c(N)c1. The van der Waals surface area contributed by atoms with Crippen LogP contribution in [0.25, 0.3) is 0 Å². The summed E-state index contributed by atoms with van der Waals surface area (Å²) in [5, 5.41) is 19.8. The molecule has 1 amide bonds. The van der Waals surface area contributed by atoms with Crippen LogP contribution in [-0.2, 0) is 19.1 Å². The van der Waals surface area contributed by atoms with Crippen molar-refractivity contribution < 1.29 is 33.6 Å². The molecule has 2 aromatic rings. The summed E-state index contributed by atoms with van der Waals surface area (Å²) >= 11 is 0. The molecule has 0 aliphatic carbocycles. The van der Waals surface area contributed by atoms with E-state index in [4.69, 9.17) is 11.1 Å². The molecule has 0 aliphatic heterocycles. The Labute approximate surface area is 182 Å². The monoisotopic (exact) mass is 444 g/mol. The van der Waals surface area contributed by atoms with Crippen LogP contribution in [0.1, 0.15) is 27.6 Å². The van der Waals surface area contributed by atoms with Gasteiger partial charge < -0.3 is 20.5 Å². The Morgan fingerprint density at radius 2 is 1.56 bits per heavy atom. The highest BCUT2D eigenvalue weighted by atomic mass is 16.6. The molecule has 4 N–H and O–H groups in total. The number of methoxy groups -OCH3 is 2. The van der Waals surface area contributed by atoms with E-state index in [0.29, 0.717) is 5.56 Å². The zero-order chi connectivity index (χ0) is 24.4. The zero-order valence-corrected chi connectivity index (χ0v) is 17.3. The number of carbonyl (C=O) groups excluding carboxylic acids is 4. The number of rotatable bonds is 6. The average Bonchev–Trinajstić information content (AvgIpc) is 2.78. The number of ketones is 1. The number of carbonyl (C=O) groups is 4. The standard InChI is InChI=1S/C10H9N3O4.C10H11NO4/c1-6(14)9(11)10(15)12-7-2-4-8(5-3-7)13(16)17;1-14-9(12)6-3-4-7(8(11)5-6)10(13)15-2/h2-5,11H,1H3,(H,12,15);3-5H,11H2,1-2H3. The van der Waals surface area contributed by atoms with Gasteiger partial charge in [0, 0.05) is 30.4 Å². The number of hydrogen-bond acceptors (Lipinski definition) is 10. The fourth-order valence-electron chi connectivity index (χ4n) is 2.12. The van der Waals surface area contributed by atoms with Gasteiger partial charge in [-0.15, -0.1) is 0 Å². The van der Waals surface area contributed by atoms with Crippen molar-refractivity contribution >= 4 is 46.4 Å². The van der Waals surface area contributed by atoms with Crippen LogP contribution < -0.4 is 11.1 Å². The maximum atomic E-state index is 11.3. The predicted octanol–water partition coefficient (Wildman–Crippen LogP) is 1.98. The lowest BCUT2D eigenvalue weighted by atomic mass is 10.1. The highest BCUT2D eigenvalue weighted by Crippen LogP contribution is 2.16. The Morgan fingerprint density at radius 3 is 2.00 bits per heavy atom. The van der Waals surface area contributed by atoms with Crippen molar-refractivity contribution in [1.29, 1.82) is 5.41 Å². The molecule has 12 heteroatoms. The molecule has 32 heavy (non-hydrogen) atoms. The first-order chi connectivity index (χ1) is 15.0. The second-order valence-corrected chi connectivity index (χ2v) is 5.97. The van der Waals surface area contributed by atoms with Gasteiger partial charge in [-0.2, -0.15) is 0 Å². The number of nitro groups is 1. The molecule has 0 fully saturated rings. The highest BCUT2D eigenvalue weighted by Gasteiger charge is 2.15. The third kappa shape index (κ3) is 7.02. The van der Waals surface area contributed by atoms with Crippen LogP contribution in [-0.4, -0.2) is 48.5 Å². The van der Waals surface area contributed by atoms with E-state index in [2.05, 4.69) is 14.8 Å². The molecule has 2 rings (SSSR count). The number of amides is 1. The van der Waals surface area contributed by atoms with Crippen LogP contribution in [0.15, 0.2) is 42.5 Å². The Hall–Kier alpha value is -4.61. The maximum Gasteiger partial charge on any atom is 0.339 e. The van der Waals surface area contributed by atoms with Crippen LogP contribution in [0.2, 0.25) is 0 Å². The van der Waals surface area contributed by atoms with Gasteiger partial charge in [-0.3, -0.25) is 25.1 Å². The number of benzene rings is 2. The number of ether oxygens (including phenoxy) is 2. The molecule has 0 saturated heterocycles. The van der Waals surface area contributed by atoms with Crippen LogP contribution in [0.5, 0.6) is 0 Å². The van der Waals surface area contributed by atoms with Gasteiger partial charge in [-0.05, 0) is 30.3 Å². The minimum absolute atomic E-state index is 0.107. The molecular formula is C20H20N4O8. The van der Waals surface area contributed by atoms with Crippen molar-refractivity contribution in [3.8, 4) is 0 Å². The van der Waals surface area contributed by atoms with Crippen molar-refractivity contribution in [2.75, 3.05) is 25.3 Å². The van der Waals surface area contributed by atoms with Crippen LogP contribution in [0.3, 0.4) is 0 Å². The molecule has 12 nitrogen and oxygen atoms in total. The number of esters is 2. The number of nitrogens with two attached hydrogens (primary N) is 1. The summed E-state index contributed by atoms with van der Waals surface area (Å²) in [4.78, 5) is 54.1. The van der Waals surface area contributed by atoms with Gasteiger partial charge in [0.25, 0.3) is 11.6 Å². The molecule has 168 valence electrons. The Morgan fingerprint density at radius 1 is 1.00 bits per heavy atom. The molecule has 0 heterocycles. The Kier molecular flexibility index (Phi) is 9.17.